The van der Waals surface area contributed by atoms with E-state index >= 15 is 0 Å². The van der Waals surface area contributed by atoms with E-state index in [0.717, 1.165) is 12.1 Å². The zero-order valence-corrected chi connectivity index (χ0v) is 9.60. The first-order valence-electron chi connectivity index (χ1n) is 6.12. The number of hydrogen-bond acceptors (Lipinski definition) is 2. The lowest BCUT2D eigenvalue weighted by Gasteiger charge is -2.27. The van der Waals surface area contributed by atoms with Crippen LogP contribution in [0.25, 0.3) is 0 Å². The van der Waals surface area contributed by atoms with Crippen LogP contribution in [-0.2, 0) is 0 Å². The molecule has 2 fully saturated rings. The van der Waals surface area contributed by atoms with Gasteiger partial charge in [0.25, 0.3) is 0 Å². The fraction of sp³-hybridized carbons (Fsp3) is 1.00. The van der Waals surface area contributed by atoms with E-state index in [4.69, 9.17) is 0 Å². The van der Waals surface area contributed by atoms with Crippen molar-refractivity contribution in [3.05, 3.63) is 0 Å². The third-order valence-corrected chi connectivity index (χ3v) is 3.78. The van der Waals surface area contributed by atoms with Crippen molar-refractivity contribution in [3.63, 3.8) is 0 Å². The highest BCUT2D eigenvalue weighted by Crippen LogP contribution is 2.37. The van der Waals surface area contributed by atoms with Crippen LogP contribution in [-0.4, -0.2) is 25.2 Å². The fourth-order valence-electron chi connectivity index (χ4n) is 2.90. The second-order valence-corrected chi connectivity index (χ2v) is 5.79. The van der Waals surface area contributed by atoms with Crippen LogP contribution in [0.15, 0.2) is 0 Å². The van der Waals surface area contributed by atoms with Crippen LogP contribution in [0.4, 0.5) is 0 Å². The Bertz CT molecular complexity index is 183. The molecule has 1 saturated carbocycles. The molecule has 2 rings (SSSR count). The summed E-state index contributed by atoms with van der Waals surface area (Å²) in [5, 5.41) is 7.25. The standard InChI is InChI=1S/C12H24N2/c1-12(2)6-3-11(9-12)14-10-4-7-13-8-5-10/h10-11,13-14H,3-9H2,1-2H3. The summed E-state index contributed by atoms with van der Waals surface area (Å²) in [6.07, 6.45) is 6.79. The Hall–Kier alpha value is -0.0800. The summed E-state index contributed by atoms with van der Waals surface area (Å²) in [7, 11) is 0. The van der Waals surface area contributed by atoms with Gasteiger partial charge in [0.05, 0.1) is 0 Å². The van der Waals surface area contributed by atoms with Gasteiger partial charge in [-0.25, -0.2) is 0 Å². The second kappa shape index (κ2) is 4.19. The van der Waals surface area contributed by atoms with Gasteiger partial charge in [-0.1, -0.05) is 13.8 Å². The van der Waals surface area contributed by atoms with Crippen LogP contribution in [0, 0.1) is 5.41 Å². The topological polar surface area (TPSA) is 24.1 Å². The van der Waals surface area contributed by atoms with E-state index in [9.17, 15) is 0 Å². The first kappa shape index (κ1) is 10.4. The van der Waals surface area contributed by atoms with Crippen molar-refractivity contribution < 1.29 is 0 Å². The van der Waals surface area contributed by atoms with Crippen LogP contribution < -0.4 is 10.6 Å². The molecule has 0 radical (unpaired) electrons. The fourth-order valence-corrected chi connectivity index (χ4v) is 2.90. The normalized spacial score (nSPS) is 33.4. The van der Waals surface area contributed by atoms with Crippen LogP contribution >= 0.6 is 0 Å². The molecule has 2 heteroatoms. The largest absolute Gasteiger partial charge is 0.317 e. The SMILES string of the molecule is CC1(C)CCC(NC2CCNCC2)C1. The number of nitrogens with one attached hydrogen (secondary N) is 2. The van der Waals surface area contributed by atoms with Crippen LogP contribution in [0.5, 0.6) is 0 Å². The average Bonchev–Trinajstić information content (AvgIpc) is 2.47. The van der Waals surface area contributed by atoms with Gasteiger partial charge in [0, 0.05) is 12.1 Å². The highest BCUT2D eigenvalue weighted by atomic mass is 15.0. The first-order valence-corrected chi connectivity index (χ1v) is 6.12. The predicted octanol–water partition coefficient (Wildman–Crippen LogP) is 1.91. The number of piperidine rings is 1. The third-order valence-electron chi connectivity index (χ3n) is 3.78. The molecule has 0 aromatic carbocycles. The maximum absolute atomic E-state index is 3.83. The van der Waals surface area contributed by atoms with E-state index in [1.165, 1.54) is 45.2 Å². The van der Waals surface area contributed by atoms with Crippen molar-refractivity contribution in [3.8, 4) is 0 Å². The smallest absolute Gasteiger partial charge is 0.00938 e. The minimum atomic E-state index is 0.588. The highest BCUT2D eigenvalue weighted by molar-refractivity contribution is 4.89. The molecule has 0 spiro atoms. The average molecular weight is 196 g/mol. The second-order valence-electron chi connectivity index (χ2n) is 5.79. The van der Waals surface area contributed by atoms with Gasteiger partial charge in [0.1, 0.15) is 0 Å². The minimum Gasteiger partial charge on any atom is -0.317 e. The van der Waals surface area contributed by atoms with E-state index in [2.05, 4.69) is 24.5 Å². The lowest BCUT2D eigenvalue weighted by Crippen LogP contribution is -2.44. The highest BCUT2D eigenvalue weighted by Gasteiger charge is 2.31. The van der Waals surface area contributed by atoms with Gasteiger partial charge in [-0.15, -0.1) is 0 Å². The van der Waals surface area contributed by atoms with Crippen LogP contribution in [0.1, 0.15) is 46.0 Å². The zero-order valence-electron chi connectivity index (χ0n) is 9.60. The molecular weight excluding hydrogens is 172 g/mol. The molecule has 0 aromatic rings. The molecule has 0 bridgehead atoms. The Balaban J connectivity index is 1.75. The van der Waals surface area contributed by atoms with Gasteiger partial charge >= 0.3 is 0 Å². The van der Waals surface area contributed by atoms with E-state index < -0.39 is 0 Å². The van der Waals surface area contributed by atoms with Gasteiger partial charge < -0.3 is 10.6 Å². The monoisotopic (exact) mass is 196 g/mol. The molecule has 1 aliphatic carbocycles. The summed E-state index contributed by atoms with van der Waals surface area (Å²) >= 11 is 0. The molecule has 1 aliphatic heterocycles. The summed E-state index contributed by atoms with van der Waals surface area (Å²) in [5.74, 6) is 0. The van der Waals surface area contributed by atoms with Crippen molar-refractivity contribution in [2.24, 2.45) is 5.41 Å². The molecule has 0 aromatic heterocycles. The molecule has 82 valence electrons. The summed E-state index contributed by atoms with van der Waals surface area (Å²) in [6.45, 7) is 7.20. The van der Waals surface area contributed by atoms with E-state index in [1.807, 2.05) is 0 Å². The van der Waals surface area contributed by atoms with Crippen LogP contribution in [0.2, 0.25) is 0 Å². The summed E-state index contributed by atoms with van der Waals surface area (Å²) in [6, 6.07) is 1.59. The van der Waals surface area contributed by atoms with Gasteiger partial charge in [0.2, 0.25) is 0 Å². The van der Waals surface area contributed by atoms with Crippen molar-refractivity contribution in [1.29, 1.82) is 0 Å². The van der Waals surface area contributed by atoms with Crippen molar-refractivity contribution >= 4 is 0 Å². The summed E-state index contributed by atoms with van der Waals surface area (Å²) < 4.78 is 0. The Morgan fingerprint density at radius 3 is 2.36 bits per heavy atom. The molecule has 14 heavy (non-hydrogen) atoms. The predicted molar refractivity (Wildman–Crippen MR) is 60.4 cm³/mol. The van der Waals surface area contributed by atoms with E-state index in [0.29, 0.717) is 5.41 Å². The third kappa shape index (κ3) is 2.71. The minimum absolute atomic E-state index is 0.588. The van der Waals surface area contributed by atoms with E-state index in [1.54, 1.807) is 0 Å². The molecule has 1 atom stereocenters. The molecule has 2 N–H and O–H groups in total. The molecule has 0 amide bonds. The molecule has 1 saturated heterocycles. The van der Waals surface area contributed by atoms with Gasteiger partial charge in [-0.05, 0) is 50.6 Å². The Morgan fingerprint density at radius 2 is 1.79 bits per heavy atom. The quantitative estimate of drug-likeness (QED) is 0.705. The lowest BCUT2D eigenvalue weighted by molar-refractivity contribution is 0.322. The van der Waals surface area contributed by atoms with Gasteiger partial charge in [0.15, 0.2) is 0 Å². The van der Waals surface area contributed by atoms with Crippen LogP contribution in [0.3, 0.4) is 0 Å². The van der Waals surface area contributed by atoms with Gasteiger partial charge in [-0.2, -0.15) is 0 Å². The summed E-state index contributed by atoms with van der Waals surface area (Å²) in [4.78, 5) is 0. The zero-order chi connectivity index (χ0) is 10.0. The molecule has 1 unspecified atom stereocenters. The Kier molecular flexibility index (Phi) is 3.13. The van der Waals surface area contributed by atoms with Crippen molar-refractivity contribution in [1.82, 2.24) is 10.6 Å². The number of hydrogen-bond donors (Lipinski definition) is 2. The molecular formula is C12H24N2. The molecule has 2 aliphatic rings. The van der Waals surface area contributed by atoms with Crippen molar-refractivity contribution in [2.75, 3.05) is 13.1 Å². The Morgan fingerprint density at radius 1 is 1.07 bits per heavy atom. The van der Waals surface area contributed by atoms with Crippen molar-refractivity contribution in [2.45, 2.75) is 58.0 Å². The molecule has 2 nitrogen and oxygen atoms in total. The lowest BCUT2D eigenvalue weighted by atomic mass is 9.91. The summed E-state index contributed by atoms with van der Waals surface area (Å²) in [5.41, 5.74) is 0.588. The molecule has 1 heterocycles. The number of rotatable bonds is 2. The maximum atomic E-state index is 3.83. The maximum Gasteiger partial charge on any atom is 0.00938 e. The van der Waals surface area contributed by atoms with Gasteiger partial charge in [-0.3, -0.25) is 0 Å². The first-order chi connectivity index (χ1) is 6.66. The van der Waals surface area contributed by atoms with E-state index in [-0.39, 0.29) is 0 Å². The Labute approximate surface area is 87.8 Å².